The van der Waals surface area contributed by atoms with Crippen molar-refractivity contribution in [1.82, 2.24) is 33.8 Å². The van der Waals surface area contributed by atoms with Crippen LogP contribution in [0.2, 0.25) is 10.0 Å². The zero-order chi connectivity index (χ0) is 43.2. The van der Waals surface area contributed by atoms with Crippen LogP contribution in [-0.4, -0.2) is 103 Å². The van der Waals surface area contributed by atoms with Crippen molar-refractivity contribution in [3.05, 3.63) is 86.4 Å². The monoisotopic (exact) mass is 870 g/mol. The molecule has 4 aliphatic rings. The highest BCUT2D eigenvalue weighted by Gasteiger charge is 2.57. The molecule has 2 bridgehead atoms. The second kappa shape index (κ2) is 17.3. The molecule has 2 aromatic carbocycles. The highest BCUT2D eigenvalue weighted by Crippen LogP contribution is 2.63. The van der Waals surface area contributed by atoms with Gasteiger partial charge in [-0.1, -0.05) is 53.5 Å². The van der Waals surface area contributed by atoms with E-state index in [0.717, 1.165) is 113 Å². The zero-order valence-corrected chi connectivity index (χ0v) is 37.2. The number of imidazole rings is 2. The summed E-state index contributed by atoms with van der Waals surface area (Å²) in [5.74, 6) is -0.276. The minimum absolute atomic E-state index is 0.0572. The molecule has 4 aromatic rings. The third-order valence-electron chi connectivity index (χ3n) is 14.1. The average molecular weight is 872 g/mol. The van der Waals surface area contributed by atoms with Crippen LogP contribution in [-0.2, 0) is 56.0 Å². The van der Waals surface area contributed by atoms with Gasteiger partial charge < -0.3 is 24.5 Å². The van der Waals surface area contributed by atoms with Gasteiger partial charge in [-0.05, 0) is 81.5 Å². The van der Waals surface area contributed by atoms with Crippen LogP contribution in [0.4, 0.5) is 5.69 Å². The van der Waals surface area contributed by atoms with Crippen LogP contribution in [0, 0.1) is 10.8 Å². The first kappa shape index (κ1) is 43.1. The standard InChI is InChI=1S/C46H56Cl2N8O5/c1-52(2)38(58)13-5-6-21-55-22-14-35-33(26-55)49-41(53(35)3)37(57)25-29-9-7-10-30(39(29)47)31-11-8-12-32(40(31)48)51-43(59)42-50-34-27-56(23-15-36(34)54(42)4)24-20-45-16-18-46(28-45,19-17-45)44(60)61/h7-12H,5-6,13-28H2,1-4H3,(H,51,59)(H,60,61). The van der Waals surface area contributed by atoms with Crippen molar-refractivity contribution < 1.29 is 24.3 Å². The summed E-state index contributed by atoms with van der Waals surface area (Å²) in [6.07, 6.45) is 9.28. The van der Waals surface area contributed by atoms with Gasteiger partial charge in [0.1, 0.15) is 0 Å². The summed E-state index contributed by atoms with van der Waals surface area (Å²) < 4.78 is 3.79. The number of anilines is 1. The maximum absolute atomic E-state index is 13.8. The van der Waals surface area contributed by atoms with Gasteiger partial charge in [-0.3, -0.25) is 29.0 Å². The van der Waals surface area contributed by atoms with E-state index in [1.807, 2.05) is 53.6 Å². The van der Waals surface area contributed by atoms with Crippen molar-refractivity contribution in [2.75, 3.05) is 45.6 Å². The van der Waals surface area contributed by atoms with E-state index < -0.39 is 11.4 Å². The summed E-state index contributed by atoms with van der Waals surface area (Å²) in [6.45, 7) is 4.81. The van der Waals surface area contributed by atoms with Crippen molar-refractivity contribution in [2.24, 2.45) is 24.9 Å². The Morgan fingerprint density at radius 3 is 2.05 bits per heavy atom. The molecule has 8 rings (SSSR count). The Labute approximate surface area is 367 Å². The van der Waals surface area contributed by atoms with E-state index in [-0.39, 0.29) is 29.4 Å². The number of carbonyl (C=O) groups excluding carboxylic acids is 3. The van der Waals surface area contributed by atoms with Crippen LogP contribution < -0.4 is 5.32 Å². The van der Waals surface area contributed by atoms with E-state index in [1.165, 1.54) is 0 Å². The minimum Gasteiger partial charge on any atom is -0.481 e. The van der Waals surface area contributed by atoms with Gasteiger partial charge in [0.15, 0.2) is 11.6 Å². The molecule has 0 unspecified atom stereocenters. The van der Waals surface area contributed by atoms with Crippen molar-refractivity contribution >= 4 is 52.5 Å². The summed E-state index contributed by atoms with van der Waals surface area (Å²) >= 11 is 14.1. The molecule has 324 valence electrons. The molecule has 0 saturated heterocycles. The van der Waals surface area contributed by atoms with Crippen LogP contribution in [0.3, 0.4) is 0 Å². The largest absolute Gasteiger partial charge is 0.481 e. The maximum Gasteiger partial charge on any atom is 0.309 e. The Bertz CT molecular complexity index is 2380. The van der Waals surface area contributed by atoms with Gasteiger partial charge in [-0.15, -0.1) is 0 Å². The fraction of sp³-hybridized carbons (Fsp3) is 0.522. The number of carbonyl (C=O) groups is 4. The van der Waals surface area contributed by atoms with Gasteiger partial charge in [-0.25, -0.2) is 9.97 Å². The second-order valence-corrected chi connectivity index (χ2v) is 18.8. The number of amides is 2. The summed E-state index contributed by atoms with van der Waals surface area (Å²) in [5, 5.41) is 13.6. The predicted octanol–water partition coefficient (Wildman–Crippen LogP) is 7.21. The molecular formula is C46H56Cl2N8O5. The van der Waals surface area contributed by atoms with Crippen LogP contribution in [0.5, 0.6) is 0 Å². The first-order chi connectivity index (χ1) is 29.2. The lowest BCUT2D eigenvalue weighted by Crippen LogP contribution is -2.34. The molecule has 2 amide bonds. The Balaban J connectivity index is 0.901. The molecular weight excluding hydrogens is 815 g/mol. The van der Waals surface area contributed by atoms with Gasteiger partial charge in [0, 0.05) is 103 Å². The number of unbranched alkanes of at least 4 members (excludes halogenated alkanes) is 1. The summed E-state index contributed by atoms with van der Waals surface area (Å²) in [7, 11) is 7.33. The van der Waals surface area contributed by atoms with Crippen LogP contribution in [0.25, 0.3) is 11.1 Å². The third-order valence-corrected chi connectivity index (χ3v) is 14.9. The normalized spacial score (nSPS) is 21.0. The van der Waals surface area contributed by atoms with E-state index in [1.54, 1.807) is 25.1 Å². The Morgan fingerprint density at radius 2 is 1.41 bits per heavy atom. The number of benzene rings is 2. The second-order valence-electron chi connectivity index (χ2n) is 18.1. The third kappa shape index (κ3) is 8.50. The highest BCUT2D eigenvalue weighted by molar-refractivity contribution is 6.39. The molecule has 15 heteroatoms. The molecule has 13 nitrogen and oxygen atoms in total. The Hall–Kier alpha value is -4.56. The number of aromatic nitrogens is 4. The molecule has 2 saturated carbocycles. The molecule has 4 heterocycles. The van der Waals surface area contributed by atoms with E-state index >= 15 is 0 Å². The SMILES string of the molecule is CN(C)C(=O)CCCCN1CCc2c(nc(C(=O)Cc3cccc(-c4cccc(NC(=O)c5nc6c(n5C)CCN(CCC57CCC(C(=O)O)(CC5)C7)C6)c4Cl)c3Cl)n2C)C1. The minimum atomic E-state index is -0.629. The highest BCUT2D eigenvalue weighted by atomic mass is 35.5. The molecule has 61 heavy (non-hydrogen) atoms. The van der Waals surface area contributed by atoms with Gasteiger partial charge in [0.2, 0.25) is 11.7 Å². The molecule has 2 N–H and O–H groups in total. The first-order valence-corrected chi connectivity index (χ1v) is 22.3. The molecule has 2 fully saturated rings. The van der Waals surface area contributed by atoms with Crippen LogP contribution in [0.1, 0.15) is 107 Å². The fourth-order valence-electron chi connectivity index (χ4n) is 10.4. The average Bonchev–Trinajstić information content (AvgIpc) is 4.00. The number of halogens is 2. The van der Waals surface area contributed by atoms with Gasteiger partial charge in [-0.2, -0.15) is 0 Å². The lowest BCUT2D eigenvalue weighted by Gasteiger charge is -2.32. The van der Waals surface area contributed by atoms with Gasteiger partial charge >= 0.3 is 5.97 Å². The van der Waals surface area contributed by atoms with E-state index in [9.17, 15) is 24.3 Å². The zero-order valence-electron chi connectivity index (χ0n) is 35.7. The Kier molecular flexibility index (Phi) is 12.2. The quantitative estimate of drug-likeness (QED) is 0.0936. The molecule has 2 aliphatic heterocycles. The molecule has 0 radical (unpaired) electrons. The van der Waals surface area contributed by atoms with Crippen molar-refractivity contribution in [3.8, 4) is 11.1 Å². The number of hydrogen-bond acceptors (Lipinski definition) is 8. The number of carboxylic acids is 1. The smallest absolute Gasteiger partial charge is 0.309 e. The fourth-order valence-corrected chi connectivity index (χ4v) is 10.9. The van der Waals surface area contributed by atoms with E-state index in [4.69, 9.17) is 33.2 Å². The number of fused-ring (bicyclic) bond motifs is 4. The van der Waals surface area contributed by atoms with Crippen molar-refractivity contribution in [3.63, 3.8) is 0 Å². The lowest BCUT2D eigenvalue weighted by molar-refractivity contribution is -0.148. The number of nitrogens with one attached hydrogen (secondary N) is 1. The number of carboxylic acid groups (broad SMARTS) is 1. The molecule has 2 aliphatic carbocycles. The van der Waals surface area contributed by atoms with E-state index in [2.05, 4.69) is 15.1 Å². The number of aliphatic carboxylic acids is 1. The molecule has 2 aromatic heterocycles. The number of hydrogen-bond donors (Lipinski definition) is 2. The van der Waals surface area contributed by atoms with Gasteiger partial charge in [0.05, 0.1) is 32.5 Å². The van der Waals surface area contributed by atoms with Crippen molar-refractivity contribution in [1.29, 1.82) is 0 Å². The Morgan fingerprint density at radius 1 is 0.803 bits per heavy atom. The number of nitrogens with zero attached hydrogens (tertiary/aromatic N) is 7. The lowest BCUT2D eigenvalue weighted by atomic mass is 9.80. The van der Waals surface area contributed by atoms with Crippen molar-refractivity contribution in [2.45, 2.75) is 90.1 Å². The van der Waals surface area contributed by atoms with Crippen LogP contribution >= 0.6 is 23.2 Å². The molecule has 0 atom stereocenters. The number of rotatable bonds is 15. The van der Waals surface area contributed by atoms with Gasteiger partial charge in [0.25, 0.3) is 5.91 Å². The number of ketones is 1. The first-order valence-electron chi connectivity index (χ1n) is 21.6. The summed E-state index contributed by atoms with van der Waals surface area (Å²) in [5.41, 5.74) is 5.87. The summed E-state index contributed by atoms with van der Waals surface area (Å²) in [4.78, 5) is 67.5. The molecule has 0 spiro atoms. The topological polar surface area (TPSA) is 146 Å². The van der Waals surface area contributed by atoms with Crippen LogP contribution in [0.15, 0.2) is 36.4 Å². The summed E-state index contributed by atoms with van der Waals surface area (Å²) in [6, 6.07) is 10.9. The predicted molar refractivity (Wildman–Crippen MR) is 235 cm³/mol. The maximum atomic E-state index is 13.8. The number of Topliss-reactive ketones (excluding diaryl/α,β-unsaturated/α-hetero) is 1. The van der Waals surface area contributed by atoms with E-state index in [0.29, 0.717) is 63.6 Å².